The summed E-state index contributed by atoms with van der Waals surface area (Å²) >= 11 is 0. The smallest absolute Gasteiger partial charge is 0.276 e. The maximum atomic E-state index is 11.1. The lowest BCUT2D eigenvalue weighted by atomic mass is 10.3. The first-order valence-corrected chi connectivity index (χ1v) is 4.73. The van der Waals surface area contributed by atoms with Gasteiger partial charge in [0.05, 0.1) is 0 Å². The molecular formula is C10H11N3O4. The van der Waals surface area contributed by atoms with Gasteiger partial charge in [0.25, 0.3) is 5.91 Å². The van der Waals surface area contributed by atoms with Crippen LogP contribution in [0.2, 0.25) is 0 Å². The van der Waals surface area contributed by atoms with Gasteiger partial charge >= 0.3 is 0 Å². The maximum Gasteiger partial charge on any atom is 0.276 e. The third kappa shape index (κ3) is 4.74. The highest BCUT2D eigenvalue weighted by atomic mass is 16.5. The summed E-state index contributed by atoms with van der Waals surface area (Å²) in [5.74, 6) is -0.437. The van der Waals surface area contributed by atoms with Gasteiger partial charge in [-0.3, -0.25) is 20.4 Å². The number of carbonyl (C=O) groups excluding carboxylic acids is 2. The zero-order valence-electron chi connectivity index (χ0n) is 9.10. The Morgan fingerprint density at radius 1 is 1.24 bits per heavy atom. The molecule has 1 rings (SSSR count). The number of carbonyl (C=O) groups is 2. The van der Waals surface area contributed by atoms with E-state index in [4.69, 9.17) is 4.74 Å². The van der Waals surface area contributed by atoms with Crippen LogP contribution in [0.1, 0.15) is 6.92 Å². The monoisotopic (exact) mass is 237 g/mol. The molecule has 0 aliphatic rings. The highest BCUT2D eigenvalue weighted by Crippen LogP contribution is 2.17. The van der Waals surface area contributed by atoms with Crippen molar-refractivity contribution in [3.8, 4) is 5.75 Å². The Morgan fingerprint density at radius 2 is 1.88 bits per heavy atom. The zero-order chi connectivity index (χ0) is 12.7. The summed E-state index contributed by atoms with van der Waals surface area (Å²) in [7, 11) is 0. The lowest BCUT2D eigenvalue weighted by Crippen LogP contribution is -2.42. The summed E-state index contributed by atoms with van der Waals surface area (Å²) in [5.41, 5.74) is 4.55. The molecule has 0 aromatic heterocycles. The van der Waals surface area contributed by atoms with Gasteiger partial charge in [0.15, 0.2) is 6.61 Å². The Labute approximate surface area is 97.1 Å². The van der Waals surface area contributed by atoms with E-state index in [0.717, 1.165) is 0 Å². The van der Waals surface area contributed by atoms with Crippen molar-refractivity contribution in [2.45, 2.75) is 6.92 Å². The van der Waals surface area contributed by atoms with Crippen LogP contribution in [0.3, 0.4) is 0 Å². The lowest BCUT2D eigenvalue weighted by Gasteiger charge is -2.07. The van der Waals surface area contributed by atoms with Crippen molar-refractivity contribution in [2.24, 2.45) is 5.18 Å². The fourth-order valence-electron chi connectivity index (χ4n) is 0.946. The minimum atomic E-state index is -0.488. The lowest BCUT2D eigenvalue weighted by molar-refractivity contribution is -0.129. The summed E-state index contributed by atoms with van der Waals surface area (Å²) < 4.78 is 5.09. The number of hydrogen-bond donors (Lipinski definition) is 2. The normalized spacial score (nSPS) is 9.24. The number of nitroso groups, excluding NO2 is 1. The van der Waals surface area contributed by atoms with Crippen molar-refractivity contribution in [3.05, 3.63) is 29.2 Å². The summed E-state index contributed by atoms with van der Waals surface area (Å²) in [6.45, 7) is 1.03. The van der Waals surface area contributed by atoms with E-state index in [1.807, 2.05) is 0 Å². The van der Waals surface area contributed by atoms with Crippen LogP contribution in [0.5, 0.6) is 5.75 Å². The SMILES string of the molecule is CC(=O)NNC(=O)COc1ccc(N=O)cc1. The molecule has 0 bridgehead atoms. The van der Waals surface area contributed by atoms with E-state index in [2.05, 4.69) is 16.0 Å². The predicted molar refractivity (Wildman–Crippen MR) is 59.4 cm³/mol. The molecule has 0 radical (unpaired) electrons. The standard InChI is InChI=1S/C10H11N3O4/c1-7(14)11-12-10(15)6-17-9-4-2-8(13-16)3-5-9/h2-5H,6H2,1H3,(H,11,14)(H,12,15). The molecule has 0 saturated carbocycles. The second-order valence-corrected chi connectivity index (χ2v) is 3.10. The minimum absolute atomic E-state index is 0.242. The Kier molecular flexibility index (Phi) is 4.61. The number of ether oxygens (including phenoxy) is 1. The Hall–Kier alpha value is -2.44. The van der Waals surface area contributed by atoms with E-state index in [0.29, 0.717) is 5.75 Å². The first-order chi connectivity index (χ1) is 8.11. The van der Waals surface area contributed by atoms with Crippen molar-refractivity contribution in [2.75, 3.05) is 6.61 Å². The van der Waals surface area contributed by atoms with Crippen LogP contribution in [0.15, 0.2) is 29.4 Å². The Balaban J connectivity index is 2.36. The largest absolute Gasteiger partial charge is 0.484 e. The highest BCUT2D eigenvalue weighted by Gasteiger charge is 2.02. The molecule has 0 aliphatic carbocycles. The van der Waals surface area contributed by atoms with Gasteiger partial charge in [-0.05, 0) is 29.4 Å². The van der Waals surface area contributed by atoms with Gasteiger partial charge in [0.2, 0.25) is 5.91 Å². The molecule has 1 aromatic rings. The molecule has 7 nitrogen and oxygen atoms in total. The summed E-state index contributed by atoms with van der Waals surface area (Å²) in [5, 5.41) is 2.72. The van der Waals surface area contributed by atoms with Gasteiger partial charge in [-0.1, -0.05) is 0 Å². The van der Waals surface area contributed by atoms with Gasteiger partial charge in [0.1, 0.15) is 11.4 Å². The number of amides is 2. The van der Waals surface area contributed by atoms with E-state index < -0.39 is 5.91 Å². The quantitative estimate of drug-likeness (QED) is 0.592. The van der Waals surface area contributed by atoms with Crippen LogP contribution in [0.25, 0.3) is 0 Å². The Bertz CT molecular complexity index is 416. The van der Waals surface area contributed by atoms with Crippen LogP contribution in [0.4, 0.5) is 5.69 Å². The van der Waals surface area contributed by atoms with Crippen molar-refractivity contribution in [1.82, 2.24) is 10.9 Å². The van der Waals surface area contributed by atoms with Gasteiger partial charge in [0, 0.05) is 6.92 Å². The van der Waals surface area contributed by atoms with Crippen molar-refractivity contribution >= 4 is 17.5 Å². The molecule has 0 atom stereocenters. The van der Waals surface area contributed by atoms with Crippen molar-refractivity contribution in [3.63, 3.8) is 0 Å². The first-order valence-electron chi connectivity index (χ1n) is 4.73. The molecule has 2 amide bonds. The minimum Gasteiger partial charge on any atom is -0.484 e. The molecule has 0 aliphatic heterocycles. The van der Waals surface area contributed by atoms with Crippen molar-refractivity contribution < 1.29 is 14.3 Å². The number of rotatable bonds is 4. The van der Waals surface area contributed by atoms with Gasteiger partial charge in [-0.2, -0.15) is 0 Å². The van der Waals surface area contributed by atoms with Crippen LogP contribution in [-0.2, 0) is 9.59 Å². The molecular weight excluding hydrogens is 226 g/mol. The average Bonchev–Trinajstić information content (AvgIpc) is 2.34. The molecule has 17 heavy (non-hydrogen) atoms. The van der Waals surface area contributed by atoms with E-state index >= 15 is 0 Å². The second kappa shape index (κ2) is 6.21. The van der Waals surface area contributed by atoms with Gasteiger partial charge in [-0.25, -0.2) is 0 Å². The van der Waals surface area contributed by atoms with Crippen LogP contribution in [0, 0.1) is 4.91 Å². The van der Waals surface area contributed by atoms with E-state index in [1.165, 1.54) is 31.2 Å². The number of nitrogens with zero attached hydrogens (tertiary/aromatic N) is 1. The molecule has 0 heterocycles. The summed E-state index contributed by atoms with van der Waals surface area (Å²) in [6, 6.07) is 5.97. The number of hydrazine groups is 1. The summed E-state index contributed by atoms with van der Waals surface area (Å²) in [4.78, 5) is 31.7. The number of hydrogen-bond acceptors (Lipinski definition) is 5. The van der Waals surface area contributed by atoms with Crippen molar-refractivity contribution in [1.29, 1.82) is 0 Å². The maximum absolute atomic E-state index is 11.1. The number of nitrogens with one attached hydrogen (secondary N) is 2. The van der Waals surface area contributed by atoms with Crippen LogP contribution < -0.4 is 15.6 Å². The van der Waals surface area contributed by atoms with E-state index in [-0.39, 0.29) is 18.2 Å². The van der Waals surface area contributed by atoms with Gasteiger partial charge in [-0.15, -0.1) is 4.91 Å². The average molecular weight is 237 g/mol. The topological polar surface area (TPSA) is 96.9 Å². The highest BCUT2D eigenvalue weighted by molar-refractivity contribution is 5.81. The molecule has 0 saturated heterocycles. The molecule has 1 aromatic carbocycles. The first kappa shape index (κ1) is 12.6. The van der Waals surface area contributed by atoms with E-state index in [1.54, 1.807) is 0 Å². The van der Waals surface area contributed by atoms with Crippen LogP contribution >= 0.6 is 0 Å². The second-order valence-electron chi connectivity index (χ2n) is 3.10. The third-order valence-electron chi connectivity index (χ3n) is 1.69. The summed E-state index contributed by atoms with van der Waals surface area (Å²) in [6.07, 6.45) is 0. The van der Waals surface area contributed by atoms with Gasteiger partial charge < -0.3 is 4.74 Å². The van der Waals surface area contributed by atoms with Crippen LogP contribution in [-0.4, -0.2) is 18.4 Å². The molecule has 0 fully saturated rings. The molecule has 2 N–H and O–H groups in total. The zero-order valence-corrected chi connectivity index (χ0v) is 9.10. The molecule has 90 valence electrons. The Morgan fingerprint density at radius 3 is 2.41 bits per heavy atom. The molecule has 0 spiro atoms. The van der Waals surface area contributed by atoms with E-state index in [9.17, 15) is 14.5 Å². The number of benzene rings is 1. The fraction of sp³-hybridized carbons (Fsp3) is 0.200. The predicted octanol–water partition coefficient (Wildman–Crippen LogP) is 0.631. The fourth-order valence-corrected chi connectivity index (χ4v) is 0.946. The molecule has 0 unspecified atom stereocenters. The third-order valence-corrected chi connectivity index (χ3v) is 1.69. The molecule has 7 heteroatoms.